The summed E-state index contributed by atoms with van der Waals surface area (Å²) in [5.41, 5.74) is 2.12. The van der Waals surface area contributed by atoms with E-state index >= 15 is 0 Å². The molecule has 2 unspecified atom stereocenters. The largest absolute Gasteiger partial charge is 0.356 e. The Morgan fingerprint density at radius 3 is 2.85 bits per heavy atom. The number of fused-ring (bicyclic) bond motifs is 1. The fraction of sp³-hybridized carbons (Fsp3) is 0.579. The van der Waals surface area contributed by atoms with Crippen molar-refractivity contribution in [2.75, 3.05) is 45.6 Å². The first kappa shape index (κ1) is 21.0. The van der Waals surface area contributed by atoms with E-state index in [9.17, 15) is 4.79 Å². The smallest absolute Gasteiger partial charge is 0.225 e. The quantitative estimate of drug-likeness (QED) is 0.358. The summed E-state index contributed by atoms with van der Waals surface area (Å²) in [5, 5.41) is 9.79. The van der Waals surface area contributed by atoms with Crippen molar-refractivity contribution < 1.29 is 4.79 Å². The van der Waals surface area contributed by atoms with Crippen LogP contribution in [0.15, 0.2) is 29.3 Å². The first-order valence-electron chi connectivity index (χ1n) is 9.17. The van der Waals surface area contributed by atoms with Crippen molar-refractivity contribution in [3.05, 3.63) is 29.8 Å². The van der Waals surface area contributed by atoms with Gasteiger partial charge in [0, 0.05) is 44.7 Å². The molecule has 1 aromatic carbocycles. The van der Waals surface area contributed by atoms with Crippen LogP contribution in [0.3, 0.4) is 0 Å². The number of para-hydroxylation sites is 1. The van der Waals surface area contributed by atoms with E-state index in [1.807, 2.05) is 18.2 Å². The zero-order chi connectivity index (χ0) is 17.6. The molecular weight excluding hydrogens is 441 g/mol. The Hall–Kier alpha value is -1.35. The fourth-order valence-electron chi connectivity index (χ4n) is 3.81. The van der Waals surface area contributed by atoms with Gasteiger partial charge in [-0.25, -0.2) is 0 Å². The summed E-state index contributed by atoms with van der Waals surface area (Å²) in [4.78, 5) is 18.6. The van der Waals surface area contributed by atoms with Crippen LogP contribution in [0, 0.1) is 5.92 Å². The van der Waals surface area contributed by atoms with Crippen LogP contribution in [-0.2, 0) is 4.79 Å². The number of aliphatic imine (C=N–C) groups is 1. The molecule has 3 N–H and O–H groups in total. The van der Waals surface area contributed by atoms with Crippen molar-refractivity contribution in [3.63, 3.8) is 0 Å². The molecule has 1 saturated heterocycles. The van der Waals surface area contributed by atoms with Gasteiger partial charge in [0.1, 0.15) is 0 Å². The SMILES string of the molecule is CN=C(NCC1CCCN(C)C1)NCC1CC(=O)Nc2ccccc21.I. The van der Waals surface area contributed by atoms with E-state index in [1.54, 1.807) is 7.05 Å². The third kappa shape index (κ3) is 5.57. The van der Waals surface area contributed by atoms with Crippen molar-refractivity contribution in [2.24, 2.45) is 10.9 Å². The topological polar surface area (TPSA) is 68.8 Å². The monoisotopic (exact) mass is 471 g/mol. The van der Waals surface area contributed by atoms with Crippen LogP contribution >= 0.6 is 24.0 Å². The molecule has 6 nitrogen and oxygen atoms in total. The van der Waals surface area contributed by atoms with Crippen LogP contribution in [0.2, 0.25) is 0 Å². The van der Waals surface area contributed by atoms with Gasteiger partial charge in [-0.05, 0) is 44.0 Å². The number of piperidine rings is 1. The predicted molar refractivity (Wildman–Crippen MR) is 117 cm³/mol. The van der Waals surface area contributed by atoms with Gasteiger partial charge < -0.3 is 20.9 Å². The molecule has 0 aliphatic carbocycles. The van der Waals surface area contributed by atoms with Gasteiger partial charge in [0.15, 0.2) is 5.96 Å². The Labute approximate surface area is 173 Å². The number of guanidine groups is 1. The summed E-state index contributed by atoms with van der Waals surface area (Å²) < 4.78 is 0. The van der Waals surface area contributed by atoms with E-state index in [1.165, 1.54) is 24.9 Å². The van der Waals surface area contributed by atoms with Crippen molar-refractivity contribution >= 4 is 41.5 Å². The van der Waals surface area contributed by atoms with E-state index in [0.29, 0.717) is 18.9 Å². The number of rotatable bonds is 4. The number of carbonyl (C=O) groups excluding carboxylic acids is 1. The minimum Gasteiger partial charge on any atom is -0.356 e. The number of carbonyl (C=O) groups is 1. The highest BCUT2D eigenvalue weighted by Crippen LogP contribution is 2.31. The standard InChI is InChI=1S/C19H29N5O.HI/c1-20-19(21-11-14-6-5-9-24(2)13-14)22-12-15-10-18(25)23-17-8-4-3-7-16(15)17;/h3-4,7-8,14-15H,5-6,9-13H2,1-2H3,(H,23,25)(H2,20,21,22);1H. The molecule has 2 atom stereocenters. The zero-order valence-electron chi connectivity index (χ0n) is 15.6. The molecule has 2 aliphatic rings. The molecule has 1 fully saturated rings. The molecule has 0 bridgehead atoms. The average molecular weight is 471 g/mol. The summed E-state index contributed by atoms with van der Waals surface area (Å²) in [5.74, 6) is 1.73. The lowest BCUT2D eigenvalue weighted by Gasteiger charge is -2.30. The van der Waals surface area contributed by atoms with Crippen LogP contribution in [0.25, 0.3) is 0 Å². The summed E-state index contributed by atoms with van der Waals surface area (Å²) in [6, 6.07) is 8.04. The number of hydrogen-bond donors (Lipinski definition) is 3. The molecule has 0 aromatic heterocycles. The molecule has 3 rings (SSSR count). The maximum absolute atomic E-state index is 11.9. The van der Waals surface area contributed by atoms with Gasteiger partial charge in [-0.2, -0.15) is 0 Å². The molecule has 26 heavy (non-hydrogen) atoms. The highest BCUT2D eigenvalue weighted by molar-refractivity contribution is 14.0. The van der Waals surface area contributed by atoms with E-state index in [-0.39, 0.29) is 35.8 Å². The second-order valence-electron chi connectivity index (χ2n) is 7.14. The highest BCUT2D eigenvalue weighted by Gasteiger charge is 2.25. The van der Waals surface area contributed by atoms with Crippen LogP contribution in [0.5, 0.6) is 0 Å². The second-order valence-corrected chi connectivity index (χ2v) is 7.14. The van der Waals surface area contributed by atoms with Gasteiger partial charge >= 0.3 is 0 Å². The lowest BCUT2D eigenvalue weighted by Crippen LogP contribution is -2.45. The molecule has 1 amide bonds. The van der Waals surface area contributed by atoms with Gasteiger partial charge in [0.2, 0.25) is 5.91 Å². The molecular formula is C19H30IN5O. The van der Waals surface area contributed by atoms with Gasteiger partial charge in [0.05, 0.1) is 0 Å². The minimum atomic E-state index is 0. The highest BCUT2D eigenvalue weighted by atomic mass is 127. The van der Waals surface area contributed by atoms with E-state index in [2.05, 4.69) is 39.0 Å². The Kier molecular flexibility index (Phi) is 8.15. The number of hydrogen-bond acceptors (Lipinski definition) is 3. The van der Waals surface area contributed by atoms with E-state index in [4.69, 9.17) is 0 Å². The van der Waals surface area contributed by atoms with Gasteiger partial charge in [0.25, 0.3) is 0 Å². The lowest BCUT2D eigenvalue weighted by molar-refractivity contribution is -0.116. The number of anilines is 1. The molecule has 0 spiro atoms. The maximum atomic E-state index is 11.9. The molecule has 7 heteroatoms. The van der Waals surface area contributed by atoms with Crippen LogP contribution < -0.4 is 16.0 Å². The maximum Gasteiger partial charge on any atom is 0.225 e. The normalized spacial score (nSPS) is 23.5. The third-order valence-corrected chi connectivity index (χ3v) is 5.13. The van der Waals surface area contributed by atoms with Crippen molar-refractivity contribution in [1.29, 1.82) is 0 Å². The summed E-state index contributed by atoms with van der Waals surface area (Å²) in [6.45, 7) is 3.98. The zero-order valence-corrected chi connectivity index (χ0v) is 18.0. The summed E-state index contributed by atoms with van der Waals surface area (Å²) >= 11 is 0. The Bertz CT molecular complexity index is 636. The first-order chi connectivity index (χ1) is 12.2. The molecule has 2 aliphatic heterocycles. The number of nitrogens with zero attached hydrogens (tertiary/aromatic N) is 2. The molecule has 144 valence electrons. The molecule has 2 heterocycles. The van der Waals surface area contributed by atoms with Crippen LogP contribution in [0.1, 0.15) is 30.7 Å². The van der Waals surface area contributed by atoms with Crippen molar-refractivity contribution in [3.8, 4) is 0 Å². The molecule has 1 aromatic rings. The van der Waals surface area contributed by atoms with Crippen molar-refractivity contribution in [1.82, 2.24) is 15.5 Å². The lowest BCUT2D eigenvalue weighted by atomic mass is 9.90. The number of amides is 1. The van der Waals surface area contributed by atoms with Gasteiger partial charge in [-0.1, -0.05) is 18.2 Å². The number of benzene rings is 1. The Morgan fingerprint density at radius 2 is 2.08 bits per heavy atom. The fourth-order valence-corrected chi connectivity index (χ4v) is 3.81. The second kappa shape index (κ2) is 10.1. The van der Waals surface area contributed by atoms with Crippen LogP contribution in [0.4, 0.5) is 5.69 Å². The van der Waals surface area contributed by atoms with Gasteiger partial charge in [-0.15, -0.1) is 24.0 Å². The van der Waals surface area contributed by atoms with E-state index < -0.39 is 0 Å². The van der Waals surface area contributed by atoms with Crippen molar-refractivity contribution in [2.45, 2.75) is 25.2 Å². The minimum absolute atomic E-state index is 0. The van der Waals surface area contributed by atoms with Crippen LogP contribution in [-0.4, -0.2) is 57.0 Å². The Morgan fingerprint density at radius 1 is 1.31 bits per heavy atom. The summed E-state index contributed by atoms with van der Waals surface area (Å²) in [6.07, 6.45) is 3.04. The Balaban J connectivity index is 0.00000243. The molecule has 0 radical (unpaired) electrons. The molecule has 0 saturated carbocycles. The first-order valence-corrected chi connectivity index (χ1v) is 9.17. The number of nitrogens with one attached hydrogen (secondary N) is 3. The predicted octanol–water partition coefficient (Wildman–Crippen LogP) is 2.24. The number of halogens is 1. The number of likely N-dealkylation sites (tertiary alicyclic amines) is 1. The third-order valence-electron chi connectivity index (χ3n) is 5.13. The van der Waals surface area contributed by atoms with E-state index in [0.717, 1.165) is 24.7 Å². The summed E-state index contributed by atoms with van der Waals surface area (Å²) in [7, 11) is 3.98. The van der Waals surface area contributed by atoms with Gasteiger partial charge in [-0.3, -0.25) is 9.79 Å². The average Bonchev–Trinajstić information content (AvgIpc) is 2.61.